The number of hydrogen-bond acceptors (Lipinski definition) is 5. The topological polar surface area (TPSA) is 83.8 Å². The number of aliphatic hydroxyl groups excluding tert-OH is 2. The van der Waals surface area contributed by atoms with E-state index in [2.05, 4.69) is 11.1 Å². The first kappa shape index (κ1) is 19.8. The lowest BCUT2D eigenvalue weighted by Crippen LogP contribution is -2.26. The van der Waals surface area contributed by atoms with Gasteiger partial charge < -0.3 is 10.2 Å². The van der Waals surface area contributed by atoms with Gasteiger partial charge in [0, 0.05) is 0 Å². The van der Waals surface area contributed by atoms with E-state index >= 15 is 0 Å². The molecule has 0 aromatic carbocycles. The Morgan fingerprint density at radius 1 is 0.900 bits per heavy atom. The van der Waals surface area contributed by atoms with Crippen molar-refractivity contribution < 1.29 is 22.8 Å². The molecule has 0 bridgehead atoms. The fourth-order valence-electron chi connectivity index (χ4n) is 1.93. The van der Waals surface area contributed by atoms with Gasteiger partial charge in [-0.2, -0.15) is 8.42 Å². The van der Waals surface area contributed by atoms with E-state index in [0.717, 1.165) is 12.8 Å². The van der Waals surface area contributed by atoms with Crippen molar-refractivity contribution in [2.24, 2.45) is 0 Å². The summed E-state index contributed by atoms with van der Waals surface area (Å²) in [5, 5.41) is 17.5. The van der Waals surface area contributed by atoms with Crippen molar-refractivity contribution in [3.05, 3.63) is 0 Å². The third-order valence-electron chi connectivity index (χ3n) is 3.23. The Kier molecular flexibility index (Phi) is 12.5. The van der Waals surface area contributed by atoms with Crippen molar-refractivity contribution in [2.45, 2.75) is 76.6 Å². The molecule has 0 amide bonds. The summed E-state index contributed by atoms with van der Waals surface area (Å²) in [4.78, 5) is 0. The molecule has 0 saturated heterocycles. The van der Waals surface area contributed by atoms with E-state index in [-0.39, 0.29) is 6.61 Å². The Morgan fingerprint density at radius 2 is 1.35 bits per heavy atom. The zero-order valence-electron chi connectivity index (χ0n) is 12.6. The van der Waals surface area contributed by atoms with Crippen LogP contribution in [0.1, 0.15) is 71.1 Å². The van der Waals surface area contributed by atoms with Crippen molar-refractivity contribution in [3.8, 4) is 0 Å². The molecule has 20 heavy (non-hydrogen) atoms. The predicted octanol–water partition coefficient (Wildman–Crippen LogP) is 2.56. The second kappa shape index (κ2) is 12.6. The molecule has 122 valence electrons. The van der Waals surface area contributed by atoms with E-state index in [1.54, 1.807) is 0 Å². The van der Waals surface area contributed by atoms with Gasteiger partial charge in [0.25, 0.3) is 10.1 Å². The fourth-order valence-corrected chi connectivity index (χ4v) is 2.62. The van der Waals surface area contributed by atoms with Crippen LogP contribution in [0.2, 0.25) is 0 Å². The highest BCUT2D eigenvalue weighted by Crippen LogP contribution is 2.11. The van der Waals surface area contributed by atoms with E-state index in [0.29, 0.717) is 6.42 Å². The minimum absolute atomic E-state index is 0.0793. The van der Waals surface area contributed by atoms with Gasteiger partial charge in [0.05, 0.1) is 13.2 Å². The van der Waals surface area contributed by atoms with Crippen molar-refractivity contribution in [3.63, 3.8) is 0 Å². The summed E-state index contributed by atoms with van der Waals surface area (Å²) in [6, 6.07) is 0. The molecule has 0 aliphatic carbocycles. The van der Waals surface area contributed by atoms with Crippen LogP contribution in [-0.4, -0.2) is 37.3 Å². The Hall–Kier alpha value is -0.170. The van der Waals surface area contributed by atoms with Gasteiger partial charge in [0.2, 0.25) is 5.44 Å². The lowest BCUT2D eigenvalue weighted by Gasteiger charge is -2.09. The SMILES string of the molecule is CCCCCCCCCCCCOS(=O)(=O)C(O)CO. The van der Waals surface area contributed by atoms with Gasteiger partial charge in [-0.3, -0.25) is 4.18 Å². The summed E-state index contributed by atoms with van der Waals surface area (Å²) in [7, 11) is -4.02. The van der Waals surface area contributed by atoms with E-state index in [4.69, 9.17) is 10.2 Å². The maximum atomic E-state index is 11.2. The second-order valence-electron chi connectivity index (χ2n) is 5.13. The minimum atomic E-state index is -4.02. The highest BCUT2D eigenvalue weighted by Gasteiger charge is 2.22. The maximum absolute atomic E-state index is 11.2. The van der Waals surface area contributed by atoms with Crippen molar-refractivity contribution in [1.82, 2.24) is 0 Å². The summed E-state index contributed by atoms with van der Waals surface area (Å²) < 4.78 is 27.0. The summed E-state index contributed by atoms with van der Waals surface area (Å²) in [5.74, 6) is 0. The average Bonchev–Trinajstić information content (AvgIpc) is 2.43. The van der Waals surface area contributed by atoms with Crippen LogP contribution in [0.25, 0.3) is 0 Å². The van der Waals surface area contributed by atoms with Crippen molar-refractivity contribution in [2.75, 3.05) is 13.2 Å². The van der Waals surface area contributed by atoms with Crippen LogP contribution in [0.4, 0.5) is 0 Å². The Labute approximate surface area is 123 Å². The third kappa shape index (κ3) is 10.6. The Morgan fingerprint density at radius 3 is 1.80 bits per heavy atom. The molecular formula is C14H30O5S. The smallest absolute Gasteiger partial charge is 0.296 e. The third-order valence-corrected chi connectivity index (χ3v) is 4.55. The predicted molar refractivity (Wildman–Crippen MR) is 79.8 cm³/mol. The molecule has 0 aliphatic rings. The largest absolute Gasteiger partial charge is 0.392 e. The average molecular weight is 310 g/mol. The van der Waals surface area contributed by atoms with Crippen molar-refractivity contribution >= 4 is 10.1 Å². The van der Waals surface area contributed by atoms with E-state index in [1.165, 1.54) is 44.9 Å². The zero-order chi connectivity index (χ0) is 15.3. The lowest BCUT2D eigenvalue weighted by atomic mass is 10.1. The Balaban J connectivity index is 3.33. The van der Waals surface area contributed by atoms with Gasteiger partial charge in [-0.05, 0) is 6.42 Å². The number of hydrogen-bond donors (Lipinski definition) is 2. The molecule has 0 rings (SSSR count). The first-order chi connectivity index (χ1) is 9.54. The van der Waals surface area contributed by atoms with Gasteiger partial charge in [0.1, 0.15) is 0 Å². The number of aliphatic hydroxyl groups is 2. The second-order valence-corrected chi connectivity index (χ2v) is 6.90. The van der Waals surface area contributed by atoms with Crippen molar-refractivity contribution in [1.29, 1.82) is 0 Å². The van der Waals surface area contributed by atoms with Crippen LogP contribution in [-0.2, 0) is 14.3 Å². The molecule has 0 aromatic rings. The summed E-state index contributed by atoms with van der Waals surface area (Å²) in [6.45, 7) is 1.46. The van der Waals surface area contributed by atoms with Crippen LogP contribution in [0.3, 0.4) is 0 Å². The number of unbranched alkanes of at least 4 members (excludes halogenated alkanes) is 9. The van der Waals surface area contributed by atoms with E-state index < -0.39 is 22.2 Å². The zero-order valence-corrected chi connectivity index (χ0v) is 13.4. The standard InChI is InChI=1S/C14H30O5S/c1-2-3-4-5-6-7-8-9-10-11-12-19-20(17,18)14(16)13-15/h14-16H,2-13H2,1H3. The van der Waals surface area contributed by atoms with Gasteiger partial charge in [-0.25, -0.2) is 0 Å². The molecule has 6 heteroatoms. The molecule has 0 spiro atoms. The maximum Gasteiger partial charge on any atom is 0.296 e. The quantitative estimate of drug-likeness (QED) is 0.380. The first-order valence-electron chi connectivity index (χ1n) is 7.71. The summed E-state index contributed by atoms with van der Waals surface area (Å²) >= 11 is 0. The van der Waals surface area contributed by atoms with E-state index in [1.807, 2.05) is 0 Å². The van der Waals surface area contributed by atoms with Gasteiger partial charge in [-0.1, -0.05) is 64.7 Å². The molecule has 0 saturated carbocycles. The molecule has 1 atom stereocenters. The molecule has 5 nitrogen and oxygen atoms in total. The molecule has 0 heterocycles. The van der Waals surface area contributed by atoms with Gasteiger partial charge >= 0.3 is 0 Å². The highest BCUT2D eigenvalue weighted by atomic mass is 32.2. The molecule has 0 aliphatic heterocycles. The van der Waals surface area contributed by atoms with E-state index in [9.17, 15) is 8.42 Å². The first-order valence-corrected chi connectivity index (χ1v) is 9.19. The highest BCUT2D eigenvalue weighted by molar-refractivity contribution is 7.87. The molecule has 0 fully saturated rings. The monoisotopic (exact) mass is 310 g/mol. The molecular weight excluding hydrogens is 280 g/mol. The molecule has 2 N–H and O–H groups in total. The van der Waals surface area contributed by atoms with Crippen LogP contribution >= 0.6 is 0 Å². The van der Waals surface area contributed by atoms with Crippen LogP contribution in [0, 0.1) is 0 Å². The Bertz CT molecular complexity index is 303. The van der Waals surface area contributed by atoms with Crippen LogP contribution < -0.4 is 0 Å². The minimum Gasteiger partial charge on any atom is -0.392 e. The molecule has 0 aromatic heterocycles. The van der Waals surface area contributed by atoms with Crippen LogP contribution in [0.5, 0.6) is 0 Å². The number of rotatable bonds is 14. The molecule has 0 radical (unpaired) electrons. The summed E-state index contributed by atoms with van der Waals surface area (Å²) in [5.41, 5.74) is -1.83. The summed E-state index contributed by atoms with van der Waals surface area (Å²) in [6.07, 6.45) is 11.6. The normalized spacial score (nSPS) is 13.6. The molecule has 1 unspecified atom stereocenters. The van der Waals surface area contributed by atoms with Gasteiger partial charge in [0.15, 0.2) is 0 Å². The van der Waals surface area contributed by atoms with Crippen LogP contribution in [0.15, 0.2) is 0 Å². The fraction of sp³-hybridized carbons (Fsp3) is 1.00. The lowest BCUT2D eigenvalue weighted by molar-refractivity contribution is 0.136. The van der Waals surface area contributed by atoms with Gasteiger partial charge in [-0.15, -0.1) is 0 Å².